The van der Waals surface area contributed by atoms with Crippen LogP contribution in [0.4, 0.5) is 8.78 Å². The van der Waals surface area contributed by atoms with Crippen LogP contribution < -0.4 is 0 Å². The molecule has 0 saturated carbocycles. The van der Waals surface area contributed by atoms with Crippen molar-refractivity contribution >= 4 is 9.47 Å². The van der Waals surface area contributed by atoms with Crippen LogP contribution in [0.3, 0.4) is 0 Å². The Morgan fingerprint density at radius 1 is 1.36 bits per heavy atom. The zero-order chi connectivity index (χ0) is 10.6. The van der Waals surface area contributed by atoms with Crippen LogP contribution in [0, 0.1) is 11.6 Å². The first-order valence-corrected chi connectivity index (χ1v) is 4.57. The molecule has 2 nitrogen and oxygen atoms in total. The Kier molecular flexibility index (Phi) is 4.39. The molecule has 0 radical (unpaired) electrons. The number of rotatable bonds is 4. The molecule has 1 aromatic carbocycles. The number of hydrogen-bond donors (Lipinski definition) is 1. The summed E-state index contributed by atoms with van der Waals surface area (Å²) in [6.07, 6.45) is -0.0886. The number of aliphatic hydroxyl groups excluding tert-OH is 1. The van der Waals surface area contributed by atoms with E-state index in [-0.39, 0.29) is 6.61 Å². The molecule has 0 amide bonds. The summed E-state index contributed by atoms with van der Waals surface area (Å²) >= 11 is 0. The summed E-state index contributed by atoms with van der Waals surface area (Å²) in [4.78, 5) is 0. The summed E-state index contributed by atoms with van der Waals surface area (Å²) in [6.45, 7) is -0.0714. The molecule has 0 heterocycles. The quantitative estimate of drug-likeness (QED) is 0.788. The predicted octanol–water partition coefficient (Wildman–Crippen LogP) is 2.20. The normalized spacial score (nSPS) is 12.9. The fourth-order valence-electron chi connectivity index (χ4n) is 1.14. The maximum atomic E-state index is 12.8. The molecule has 0 saturated heterocycles. The first kappa shape index (κ1) is 11.5. The van der Waals surface area contributed by atoms with Gasteiger partial charge in [0.2, 0.25) is 0 Å². The van der Waals surface area contributed by atoms with Crippen LogP contribution in [0.1, 0.15) is 18.1 Å². The van der Waals surface area contributed by atoms with E-state index in [4.69, 9.17) is 9.63 Å². The van der Waals surface area contributed by atoms with E-state index in [0.29, 0.717) is 12.0 Å². The smallest absolute Gasteiger partial charge is 0.159 e. The zero-order valence-electron chi connectivity index (χ0n) is 7.41. The van der Waals surface area contributed by atoms with Crippen molar-refractivity contribution in [3.8, 4) is 0 Å². The van der Waals surface area contributed by atoms with Gasteiger partial charge in [-0.1, -0.05) is 6.07 Å². The van der Waals surface area contributed by atoms with Crippen LogP contribution >= 0.6 is 9.47 Å². The standard InChI is InChI=1S/C9H11F2O2P/c10-7-2-1-6(5-8(7)11)9(13-14)3-4-12/h1-2,5,9,12H,3-4,14H2. The lowest BCUT2D eigenvalue weighted by Crippen LogP contribution is -2.02. The highest BCUT2D eigenvalue weighted by molar-refractivity contribution is 7.09. The van der Waals surface area contributed by atoms with Crippen molar-refractivity contribution in [1.82, 2.24) is 0 Å². The average Bonchev–Trinajstić information content (AvgIpc) is 2.19. The molecule has 0 aromatic heterocycles. The van der Waals surface area contributed by atoms with Crippen molar-refractivity contribution < 1.29 is 18.4 Å². The first-order valence-electron chi connectivity index (χ1n) is 4.10. The summed E-state index contributed by atoms with van der Waals surface area (Å²) in [5, 5.41) is 8.70. The molecule has 0 aliphatic carbocycles. The molecule has 0 bridgehead atoms. The summed E-state index contributed by atoms with van der Waals surface area (Å²) < 4.78 is 30.3. The highest BCUT2D eigenvalue weighted by atomic mass is 31.0. The van der Waals surface area contributed by atoms with E-state index in [1.807, 2.05) is 9.47 Å². The molecule has 5 heteroatoms. The van der Waals surface area contributed by atoms with Crippen LogP contribution in [0.25, 0.3) is 0 Å². The van der Waals surface area contributed by atoms with Crippen molar-refractivity contribution in [2.45, 2.75) is 12.5 Å². The molecule has 1 aromatic rings. The van der Waals surface area contributed by atoms with E-state index in [9.17, 15) is 8.78 Å². The highest BCUT2D eigenvalue weighted by Crippen LogP contribution is 2.24. The summed E-state index contributed by atoms with van der Waals surface area (Å²) in [5.41, 5.74) is 0.507. The SMILES string of the molecule is OCCC(OP)c1ccc(F)c(F)c1. The van der Waals surface area contributed by atoms with Crippen LogP contribution in [0.2, 0.25) is 0 Å². The molecule has 0 spiro atoms. The van der Waals surface area contributed by atoms with Gasteiger partial charge in [-0.3, -0.25) is 0 Å². The van der Waals surface area contributed by atoms with Gasteiger partial charge in [-0.15, -0.1) is 0 Å². The third-order valence-corrected chi connectivity index (χ3v) is 2.20. The molecule has 1 N–H and O–H groups in total. The molecule has 1 rings (SSSR count). The van der Waals surface area contributed by atoms with Crippen LogP contribution in [0.15, 0.2) is 18.2 Å². The van der Waals surface area contributed by atoms with Crippen LogP contribution in [-0.2, 0) is 4.52 Å². The lowest BCUT2D eigenvalue weighted by atomic mass is 10.1. The minimum absolute atomic E-state index is 0.0714. The lowest BCUT2D eigenvalue weighted by Gasteiger charge is -2.13. The molecule has 14 heavy (non-hydrogen) atoms. The van der Waals surface area contributed by atoms with E-state index in [1.165, 1.54) is 6.07 Å². The van der Waals surface area contributed by atoms with Gasteiger partial charge in [0.25, 0.3) is 0 Å². The minimum Gasteiger partial charge on any atom is -0.396 e. The van der Waals surface area contributed by atoms with Gasteiger partial charge in [0.1, 0.15) is 0 Å². The van der Waals surface area contributed by atoms with Gasteiger partial charge in [0.15, 0.2) is 11.6 Å². The van der Waals surface area contributed by atoms with E-state index in [0.717, 1.165) is 12.1 Å². The summed E-state index contributed by atoms with van der Waals surface area (Å²) in [6, 6.07) is 3.54. The highest BCUT2D eigenvalue weighted by Gasteiger charge is 2.12. The summed E-state index contributed by atoms with van der Waals surface area (Å²) in [5.74, 6) is -1.80. The fraction of sp³-hybridized carbons (Fsp3) is 0.333. The Bertz CT molecular complexity index is 307. The van der Waals surface area contributed by atoms with E-state index >= 15 is 0 Å². The summed E-state index contributed by atoms with van der Waals surface area (Å²) in [7, 11) is 2.04. The lowest BCUT2D eigenvalue weighted by molar-refractivity contribution is 0.178. The Morgan fingerprint density at radius 2 is 2.07 bits per heavy atom. The van der Waals surface area contributed by atoms with Gasteiger partial charge >= 0.3 is 0 Å². The Hall–Kier alpha value is -0.570. The molecule has 78 valence electrons. The van der Waals surface area contributed by atoms with Gasteiger partial charge in [-0.05, 0) is 17.7 Å². The monoisotopic (exact) mass is 220 g/mol. The third-order valence-electron chi connectivity index (χ3n) is 1.87. The van der Waals surface area contributed by atoms with Crippen molar-refractivity contribution in [3.05, 3.63) is 35.4 Å². The average molecular weight is 220 g/mol. The van der Waals surface area contributed by atoms with Gasteiger partial charge in [-0.25, -0.2) is 8.78 Å². The second kappa shape index (κ2) is 5.35. The molecule has 0 fully saturated rings. The maximum Gasteiger partial charge on any atom is 0.159 e. The second-order valence-electron chi connectivity index (χ2n) is 2.81. The molecule has 0 aliphatic rings. The predicted molar refractivity (Wildman–Crippen MR) is 51.6 cm³/mol. The van der Waals surface area contributed by atoms with Crippen molar-refractivity contribution in [1.29, 1.82) is 0 Å². The fourth-order valence-corrected chi connectivity index (χ4v) is 1.44. The number of benzene rings is 1. The van der Waals surface area contributed by atoms with Crippen molar-refractivity contribution in [3.63, 3.8) is 0 Å². The topological polar surface area (TPSA) is 29.5 Å². The number of hydrogen-bond acceptors (Lipinski definition) is 2. The van der Waals surface area contributed by atoms with Crippen molar-refractivity contribution in [2.24, 2.45) is 0 Å². The first-order chi connectivity index (χ1) is 6.69. The van der Waals surface area contributed by atoms with E-state index in [2.05, 4.69) is 0 Å². The molecule has 2 unspecified atom stereocenters. The number of halogens is 2. The Balaban J connectivity index is 2.88. The number of aliphatic hydroxyl groups is 1. The molecular weight excluding hydrogens is 209 g/mol. The largest absolute Gasteiger partial charge is 0.396 e. The van der Waals surface area contributed by atoms with Gasteiger partial charge in [0, 0.05) is 22.5 Å². The third kappa shape index (κ3) is 2.71. The Morgan fingerprint density at radius 3 is 2.57 bits per heavy atom. The zero-order valence-corrected chi connectivity index (χ0v) is 8.57. The van der Waals surface area contributed by atoms with E-state index in [1.54, 1.807) is 0 Å². The van der Waals surface area contributed by atoms with Crippen LogP contribution in [0.5, 0.6) is 0 Å². The molecule has 2 atom stereocenters. The minimum atomic E-state index is -0.910. The maximum absolute atomic E-state index is 12.8. The van der Waals surface area contributed by atoms with Gasteiger partial charge in [-0.2, -0.15) is 0 Å². The van der Waals surface area contributed by atoms with Crippen molar-refractivity contribution in [2.75, 3.05) is 6.61 Å². The van der Waals surface area contributed by atoms with Crippen LogP contribution in [-0.4, -0.2) is 11.7 Å². The Labute approximate surface area is 83.2 Å². The molecular formula is C9H11F2O2P. The van der Waals surface area contributed by atoms with E-state index < -0.39 is 17.7 Å². The van der Waals surface area contributed by atoms with Gasteiger partial charge < -0.3 is 9.63 Å². The molecule has 0 aliphatic heterocycles. The van der Waals surface area contributed by atoms with Gasteiger partial charge in [0.05, 0.1) is 6.10 Å². The second-order valence-corrected chi connectivity index (χ2v) is 3.08.